The van der Waals surface area contributed by atoms with Gasteiger partial charge in [-0.05, 0) is 31.1 Å². The number of fused-ring (bicyclic) bond motifs is 1. The Morgan fingerprint density at radius 3 is 2.76 bits per heavy atom. The monoisotopic (exact) mass is 331 g/mol. The van der Waals surface area contributed by atoms with E-state index in [1.165, 1.54) is 35.3 Å². The molecule has 1 aliphatic rings. The summed E-state index contributed by atoms with van der Waals surface area (Å²) in [5.41, 5.74) is 1.16. The molecule has 0 spiro atoms. The number of hydrogen-bond acceptors (Lipinski definition) is 4. The Morgan fingerprint density at radius 2 is 2.14 bits per heavy atom. The van der Waals surface area contributed by atoms with E-state index in [9.17, 15) is 13.2 Å². The van der Waals surface area contributed by atoms with Gasteiger partial charge in [0.05, 0.1) is 5.75 Å². The van der Waals surface area contributed by atoms with Crippen LogP contribution in [0.15, 0.2) is 4.79 Å². The predicted octanol–water partition coefficient (Wildman–Crippen LogP) is 2.50. The summed E-state index contributed by atoms with van der Waals surface area (Å²) < 4.78 is 24.6. The molecule has 0 aromatic carbocycles. The summed E-state index contributed by atoms with van der Waals surface area (Å²) >= 11 is 1.36. The van der Waals surface area contributed by atoms with Crippen molar-refractivity contribution in [3.05, 3.63) is 20.2 Å². The summed E-state index contributed by atoms with van der Waals surface area (Å²) in [6.45, 7) is 4.63. The normalized spacial score (nSPS) is 20.2. The molecule has 1 aromatic heterocycles. The van der Waals surface area contributed by atoms with Crippen molar-refractivity contribution in [1.29, 1.82) is 0 Å². The maximum absolute atomic E-state index is 12.2. The van der Waals surface area contributed by atoms with Crippen LogP contribution in [0.4, 0.5) is 0 Å². The van der Waals surface area contributed by atoms with Gasteiger partial charge >= 0.3 is 4.87 Å². The van der Waals surface area contributed by atoms with Gasteiger partial charge in [0.25, 0.3) is 0 Å². The van der Waals surface area contributed by atoms with E-state index in [0.717, 1.165) is 25.0 Å². The topological polar surface area (TPSA) is 56.1 Å². The lowest BCUT2D eigenvalue weighted by atomic mass is 9.87. The Balaban J connectivity index is 2.14. The van der Waals surface area contributed by atoms with E-state index in [4.69, 9.17) is 0 Å². The van der Waals surface area contributed by atoms with Gasteiger partial charge in [-0.25, -0.2) is 8.42 Å². The molecule has 0 amide bonds. The Kier molecular flexibility index (Phi) is 5.30. The first kappa shape index (κ1) is 16.7. The van der Waals surface area contributed by atoms with Crippen LogP contribution < -0.4 is 4.87 Å². The number of nitrogens with zero attached hydrogens (tertiary/aromatic N) is 1. The summed E-state index contributed by atoms with van der Waals surface area (Å²) in [5.74, 6) is 0.829. The lowest BCUT2D eigenvalue weighted by molar-refractivity contribution is 0.407. The first-order chi connectivity index (χ1) is 9.80. The van der Waals surface area contributed by atoms with Crippen LogP contribution in [0.1, 0.15) is 43.7 Å². The predicted molar refractivity (Wildman–Crippen MR) is 87.9 cm³/mol. The Morgan fingerprint density at radius 1 is 1.43 bits per heavy atom. The second-order valence-electron chi connectivity index (χ2n) is 6.44. The molecule has 1 aliphatic carbocycles. The van der Waals surface area contributed by atoms with Crippen molar-refractivity contribution in [3.63, 3.8) is 0 Å². The average molecular weight is 332 g/mol. The zero-order chi connectivity index (χ0) is 15.6. The molecule has 2 atom stereocenters. The summed E-state index contributed by atoms with van der Waals surface area (Å²) in [7, 11) is -2.99. The van der Waals surface area contributed by atoms with Gasteiger partial charge in [0.1, 0.15) is 9.84 Å². The van der Waals surface area contributed by atoms with E-state index in [2.05, 4.69) is 6.92 Å². The highest BCUT2D eigenvalue weighted by Gasteiger charge is 2.25. The highest BCUT2D eigenvalue weighted by Crippen LogP contribution is 2.30. The first-order valence-corrected chi connectivity index (χ1v) is 10.6. The lowest BCUT2D eigenvalue weighted by Crippen LogP contribution is -2.25. The Bertz CT molecular complexity index is 642. The number of hydrogen-bond donors (Lipinski definition) is 0. The van der Waals surface area contributed by atoms with Crippen molar-refractivity contribution in [2.24, 2.45) is 11.8 Å². The molecule has 1 aromatic rings. The molecule has 120 valence electrons. The highest BCUT2D eigenvalue weighted by atomic mass is 32.2. The quantitative estimate of drug-likeness (QED) is 0.805. The largest absolute Gasteiger partial charge is 0.307 e. The Hall–Kier alpha value is -0.620. The van der Waals surface area contributed by atoms with E-state index in [1.54, 1.807) is 0 Å². The molecule has 21 heavy (non-hydrogen) atoms. The molecule has 4 nitrogen and oxygen atoms in total. The fourth-order valence-electron chi connectivity index (χ4n) is 3.34. The Labute approximate surface area is 131 Å². The second kappa shape index (κ2) is 6.65. The zero-order valence-electron chi connectivity index (χ0n) is 13.1. The number of aromatic nitrogens is 1. The van der Waals surface area contributed by atoms with E-state index in [0.29, 0.717) is 12.5 Å². The third kappa shape index (κ3) is 4.42. The maximum atomic E-state index is 12.2. The SMILES string of the molecule is CCC[C@H]1CCc2c(sc(=O)n2C[C@@H](C)CS(C)(=O)=O)C1. The van der Waals surface area contributed by atoms with Gasteiger partial charge in [-0.2, -0.15) is 0 Å². The van der Waals surface area contributed by atoms with Crippen molar-refractivity contribution in [3.8, 4) is 0 Å². The van der Waals surface area contributed by atoms with Crippen molar-refractivity contribution >= 4 is 21.2 Å². The third-order valence-corrected chi connectivity index (χ3v) is 6.34. The first-order valence-electron chi connectivity index (χ1n) is 7.69. The average Bonchev–Trinajstić information content (AvgIpc) is 2.63. The third-order valence-electron chi connectivity index (χ3n) is 4.12. The van der Waals surface area contributed by atoms with Crippen molar-refractivity contribution in [2.75, 3.05) is 12.0 Å². The van der Waals surface area contributed by atoms with Gasteiger partial charge in [0.15, 0.2) is 0 Å². The van der Waals surface area contributed by atoms with Gasteiger partial charge in [-0.15, -0.1) is 0 Å². The zero-order valence-corrected chi connectivity index (χ0v) is 14.7. The fraction of sp³-hybridized carbons (Fsp3) is 0.800. The molecule has 0 fully saturated rings. The van der Waals surface area contributed by atoms with Crippen molar-refractivity contribution in [2.45, 2.75) is 52.5 Å². The van der Waals surface area contributed by atoms with Gasteiger partial charge in [-0.3, -0.25) is 4.79 Å². The van der Waals surface area contributed by atoms with Gasteiger partial charge in [-0.1, -0.05) is 38.0 Å². The van der Waals surface area contributed by atoms with Crippen LogP contribution in [-0.2, 0) is 29.2 Å². The minimum Gasteiger partial charge on any atom is -0.302 e. The van der Waals surface area contributed by atoms with E-state index >= 15 is 0 Å². The highest BCUT2D eigenvalue weighted by molar-refractivity contribution is 7.90. The molecule has 0 unspecified atom stereocenters. The van der Waals surface area contributed by atoms with Crippen LogP contribution >= 0.6 is 11.3 Å². The summed E-state index contributed by atoms with van der Waals surface area (Å²) in [4.78, 5) is 13.5. The molecule has 0 N–H and O–H groups in total. The summed E-state index contributed by atoms with van der Waals surface area (Å²) in [6.07, 6.45) is 6.82. The molecule has 0 saturated heterocycles. The molecular formula is C15H25NO3S2. The van der Waals surface area contributed by atoms with E-state index in [-0.39, 0.29) is 16.5 Å². The lowest BCUT2D eigenvalue weighted by Gasteiger charge is -2.23. The maximum Gasteiger partial charge on any atom is 0.307 e. The number of rotatable bonds is 6. The summed E-state index contributed by atoms with van der Waals surface area (Å²) in [5, 5.41) is 0. The molecule has 6 heteroatoms. The standard InChI is InChI=1S/C15H25NO3S2/c1-4-5-12-6-7-13-14(8-12)20-15(17)16(13)9-11(2)10-21(3,18)19/h11-12H,4-10H2,1-3H3/t11-,12+/m1/s1. The number of sulfone groups is 1. The van der Waals surface area contributed by atoms with Gasteiger partial charge in [0, 0.05) is 23.4 Å². The van der Waals surface area contributed by atoms with Gasteiger partial charge < -0.3 is 4.57 Å². The molecule has 0 aliphatic heterocycles. The minimum atomic E-state index is -2.99. The molecule has 0 saturated carbocycles. The molecule has 2 rings (SSSR count). The molecule has 0 bridgehead atoms. The van der Waals surface area contributed by atoms with Crippen LogP contribution in [0.5, 0.6) is 0 Å². The van der Waals surface area contributed by atoms with Crippen molar-refractivity contribution in [1.82, 2.24) is 4.57 Å². The smallest absolute Gasteiger partial charge is 0.302 e. The van der Waals surface area contributed by atoms with Gasteiger partial charge in [0.2, 0.25) is 0 Å². The summed E-state index contributed by atoms with van der Waals surface area (Å²) in [6, 6.07) is 0. The minimum absolute atomic E-state index is 0.0234. The molecule has 0 radical (unpaired) electrons. The van der Waals surface area contributed by atoms with E-state index < -0.39 is 9.84 Å². The molecule has 1 heterocycles. The number of thiazole rings is 1. The fourth-order valence-corrected chi connectivity index (χ4v) is 5.63. The van der Waals surface area contributed by atoms with Crippen LogP contribution in [-0.4, -0.2) is 25.0 Å². The van der Waals surface area contributed by atoms with Crippen LogP contribution in [0.2, 0.25) is 0 Å². The second-order valence-corrected chi connectivity index (χ2v) is 9.67. The van der Waals surface area contributed by atoms with Crippen LogP contribution in [0.25, 0.3) is 0 Å². The van der Waals surface area contributed by atoms with Crippen LogP contribution in [0.3, 0.4) is 0 Å². The van der Waals surface area contributed by atoms with Crippen molar-refractivity contribution < 1.29 is 8.42 Å². The van der Waals surface area contributed by atoms with E-state index in [1.807, 2.05) is 11.5 Å². The van der Waals surface area contributed by atoms with Crippen LogP contribution in [0, 0.1) is 11.8 Å². The molecular weight excluding hydrogens is 306 g/mol.